The van der Waals surface area contributed by atoms with Crippen LogP contribution in [0.25, 0.3) is 0 Å². The van der Waals surface area contributed by atoms with E-state index in [1.165, 1.54) is 9.21 Å². The topological polar surface area (TPSA) is 76.2 Å². The zero-order chi connectivity index (χ0) is 25.8. The summed E-state index contributed by atoms with van der Waals surface area (Å²) in [5, 5.41) is 0. The average molecular weight is 497 g/mol. The summed E-state index contributed by atoms with van der Waals surface area (Å²) in [6.07, 6.45) is 0. The molecule has 3 aromatic rings. The lowest BCUT2D eigenvalue weighted by Gasteiger charge is -2.28. The Morgan fingerprint density at radius 3 is 2.09 bits per heavy atom. The van der Waals surface area contributed by atoms with E-state index in [1.54, 1.807) is 63.7 Å². The Hall–Kier alpha value is -3.52. The first-order valence-corrected chi connectivity index (χ1v) is 12.6. The predicted octanol–water partition coefficient (Wildman–Crippen LogP) is 4.48. The summed E-state index contributed by atoms with van der Waals surface area (Å²) >= 11 is 0. The van der Waals surface area contributed by atoms with E-state index in [4.69, 9.17) is 9.47 Å². The number of carbonyl (C=O) groups is 1. The minimum Gasteiger partial charge on any atom is -0.493 e. The first kappa shape index (κ1) is 26.1. The quantitative estimate of drug-likeness (QED) is 0.437. The van der Waals surface area contributed by atoms with Gasteiger partial charge in [-0.05, 0) is 67.8 Å². The van der Waals surface area contributed by atoms with E-state index in [0.29, 0.717) is 17.2 Å². The van der Waals surface area contributed by atoms with Gasteiger partial charge in [-0.3, -0.25) is 9.10 Å². The molecule has 0 atom stereocenters. The fourth-order valence-electron chi connectivity index (χ4n) is 3.71. The highest BCUT2D eigenvalue weighted by atomic mass is 32.2. The van der Waals surface area contributed by atoms with Gasteiger partial charge in [-0.25, -0.2) is 8.42 Å². The molecular formula is C27H32N2O5S. The van der Waals surface area contributed by atoms with Crippen LogP contribution in [0, 0.1) is 20.8 Å². The summed E-state index contributed by atoms with van der Waals surface area (Å²) in [6.45, 7) is 5.58. The largest absolute Gasteiger partial charge is 0.493 e. The average Bonchev–Trinajstić information content (AvgIpc) is 2.84. The van der Waals surface area contributed by atoms with Gasteiger partial charge in [0.2, 0.25) is 5.91 Å². The highest BCUT2D eigenvalue weighted by Gasteiger charge is 2.29. The molecule has 3 rings (SSSR count). The van der Waals surface area contributed by atoms with Crippen LogP contribution >= 0.6 is 0 Å². The SMILES string of the molecule is COc1ccc(CN(C)C(=O)CN(c2cc(C)ccc2C)S(=O)(=O)c2ccc(C)cc2)cc1OC. The van der Waals surface area contributed by atoms with Crippen molar-refractivity contribution in [3.8, 4) is 11.5 Å². The molecule has 0 saturated carbocycles. The Bertz CT molecular complexity index is 1300. The zero-order valence-electron chi connectivity index (χ0n) is 21.0. The molecule has 0 fully saturated rings. The van der Waals surface area contributed by atoms with Crippen molar-refractivity contribution < 1.29 is 22.7 Å². The minimum atomic E-state index is -3.98. The number of likely N-dealkylation sites (N-methyl/N-ethyl adjacent to an activating group) is 1. The molecule has 0 heterocycles. The molecule has 0 aliphatic carbocycles. The van der Waals surface area contributed by atoms with Gasteiger partial charge in [0.05, 0.1) is 24.8 Å². The van der Waals surface area contributed by atoms with Gasteiger partial charge in [-0.1, -0.05) is 35.9 Å². The van der Waals surface area contributed by atoms with Crippen molar-refractivity contribution in [3.63, 3.8) is 0 Å². The van der Waals surface area contributed by atoms with E-state index in [-0.39, 0.29) is 23.9 Å². The Kier molecular flexibility index (Phi) is 8.07. The third-order valence-electron chi connectivity index (χ3n) is 5.81. The van der Waals surface area contributed by atoms with Crippen LogP contribution in [0.4, 0.5) is 5.69 Å². The van der Waals surface area contributed by atoms with Gasteiger partial charge in [0, 0.05) is 13.6 Å². The second-order valence-electron chi connectivity index (χ2n) is 8.55. The van der Waals surface area contributed by atoms with Crippen molar-refractivity contribution in [2.75, 3.05) is 32.1 Å². The summed E-state index contributed by atoms with van der Waals surface area (Å²) < 4.78 is 39.2. The maximum absolute atomic E-state index is 13.7. The van der Waals surface area contributed by atoms with E-state index < -0.39 is 10.0 Å². The summed E-state index contributed by atoms with van der Waals surface area (Å²) in [5.74, 6) is 0.816. The Morgan fingerprint density at radius 1 is 0.829 bits per heavy atom. The number of sulfonamides is 1. The van der Waals surface area contributed by atoms with Crippen LogP contribution in [0.3, 0.4) is 0 Å². The van der Waals surface area contributed by atoms with Crippen molar-refractivity contribution in [2.45, 2.75) is 32.2 Å². The van der Waals surface area contributed by atoms with Crippen LogP contribution in [0.15, 0.2) is 65.6 Å². The molecule has 1 amide bonds. The number of ether oxygens (including phenoxy) is 2. The van der Waals surface area contributed by atoms with Gasteiger partial charge in [0.25, 0.3) is 10.0 Å². The first-order chi connectivity index (χ1) is 16.6. The van der Waals surface area contributed by atoms with Gasteiger partial charge in [0.1, 0.15) is 6.54 Å². The number of aryl methyl sites for hydroxylation is 3. The lowest BCUT2D eigenvalue weighted by molar-refractivity contribution is -0.128. The van der Waals surface area contributed by atoms with Crippen molar-refractivity contribution in [2.24, 2.45) is 0 Å². The van der Waals surface area contributed by atoms with Crippen molar-refractivity contribution >= 4 is 21.6 Å². The van der Waals surface area contributed by atoms with Crippen LogP contribution in [0.2, 0.25) is 0 Å². The van der Waals surface area contributed by atoms with Gasteiger partial charge in [-0.15, -0.1) is 0 Å². The van der Waals surface area contributed by atoms with Crippen molar-refractivity contribution in [1.29, 1.82) is 0 Å². The maximum atomic E-state index is 13.7. The van der Waals surface area contributed by atoms with Crippen LogP contribution in [-0.2, 0) is 21.4 Å². The van der Waals surface area contributed by atoms with Gasteiger partial charge < -0.3 is 14.4 Å². The number of hydrogen-bond donors (Lipinski definition) is 0. The van der Waals surface area contributed by atoms with E-state index in [2.05, 4.69) is 0 Å². The molecule has 0 aliphatic rings. The molecule has 8 heteroatoms. The van der Waals surface area contributed by atoms with Crippen LogP contribution in [-0.4, -0.2) is 47.0 Å². The third-order valence-corrected chi connectivity index (χ3v) is 7.59. The van der Waals surface area contributed by atoms with Crippen LogP contribution < -0.4 is 13.8 Å². The number of rotatable bonds is 9. The monoisotopic (exact) mass is 496 g/mol. The molecule has 7 nitrogen and oxygen atoms in total. The summed E-state index contributed by atoms with van der Waals surface area (Å²) in [6, 6.07) is 17.6. The normalized spacial score (nSPS) is 11.1. The Balaban J connectivity index is 1.93. The van der Waals surface area contributed by atoms with E-state index >= 15 is 0 Å². The molecule has 186 valence electrons. The standard InChI is InChI=1S/C27H32N2O5S/c1-19-8-12-23(13-9-19)35(31,32)29(24-15-20(2)7-10-21(24)3)18-27(30)28(4)17-22-11-14-25(33-5)26(16-22)34-6/h7-16H,17-18H2,1-6H3. The molecule has 0 spiro atoms. The fourth-order valence-corrected chi connectivity index (χ4v) is 5.18. The number of hydrogen-bond acceptors (Lipinski definition) is 5. The number of anilines is 1. The van der Waals surface area contributed by atoms with E-state index in [9.17, 15) is 13.2 Å². The fraction of sp³-hybridized carbons (Fsp3) is 0.296. The molecule has 35 heavy (non-hydrogen) atoms. The summed E-state index contributed by atoms with van der Waals surface area (Å²) in [4.78, 5) is 14.9. The van der Waals surface area contributed by atoms with Gasteiger partial charge in [-0.2, -0.15) is 0 Å². The maximum Gasteiger partial charge on any atom is 0.264 e. The third kappa shape index (κ3) is 5.95. The lowest BCUT2D eigenvalue weighted by Crippen LogP contribution is -2.41. The molecule has 0 aliphatic heterocycles. The molecule has 0 N–H and O–H groups in total. The molecule has 0 unspecified atom stereocenters. The Labute approximate surface area is 207 Å². The summed E-state index contributed by atoms with van der Waals surface area (Å²) in [5.41, 5.74) is 3.94. The summed E-state index contributed by atoms with van der Waals surface area (Å²) in [7, 11) is 0.779. The second kappa shape index (κ2) is 10.8. The number of amides is 1. The van der Waals surface area contributed by atoms with Gasteiger partial charge in [0.15, 0.2) is 11.5 Å². The zero-order valence-corrected chi connectivity index (χ0v) is 21.8. The smallest absolute Gasteiger partial charge is 0.264 e. The molecule has 0 saturated heterocycles. The highest BCUT2D eigenvalue weighted by Crippen LogP contribution is 2.30. The van der Waals surface area contributed by atoms with Crippen LogP contribution in [0.1, 0.15) is 22.3 Å². The van der Waals surface area contributed by atoms with Gasteiger partial charge >= 0.3 is 0 Å². The van der Waals surface area contributed by atoms with E-state index in [0.717, 1.165) is 22.3 Å². The van der Waals surface area contributed by atoms with E-state index in [1.807, 2.05) is 39.0 Å². The number of nitrogens with zero attached hydrogens (tertiary/aromatic N) is 2. The predicted molar refractivity (Wildman–Crippen MR) is 138 cm³/mol. The van der Waals surface area contributed by atoms with Crippen molar-refractivity contribution in [3.05, 3.63) is 82.9 Å². The lowest BCUT2D eigenvalue weighted by atomic mass is 10.1. The molecule has 0 bridgehead atoms. The highest BCUT2D eigenvalue weighted by molar-refractivity contribution is 7.92. The molecular weight excluding hydrogens is 464 g/mol. The Morgan fingerprint density at radius 2 is 1.46 bits per heavy atom. The number of benzene rings is 3. The number of carbonyl (C=O) groups excluding carboxylic acids is 1. The number of methoxy groups -OCH3 is 2. The molecule has 0 aromatic heterocycles. The second-order valence-corrected chi connectivity index (χ2v) is 10.4. The molecule has 0 radical (unpaired) electrons. The molecule has 3 aromatic carbocycles. The minimum absolute atomic E-state index is 0.138. The van der Waals surface area contributed by atoms with Crippen molar-refractivity contribution in [1.82, 2.24) is 4.90 Å². The first-order valence-electron chi connectivity index (χ1n) is 11.2. The van der Waals surface area contributed by atoms with Crippen LogP contribution in [0.5, 0.6) is 11.5 Å².